The molecule has 0 unspecified atom stereocenters. The first-order valence-corrected chi connectivity index (χ1v) is 5.70. The zero-order valence-corrected chi connectivity index (χ0v) is 10.5. The van der Waals surface area contributed by atoms with Crippen molar-refractivity contribution in [3.8, 4) is 5.75 Å². The fourth-order valence-corrected chi connectivity index (χ4v) is 1.60. The number of hydrogen-bond donors (Lipinski definition) is 1. The van der Waals surface area contributed by atoms with E-state index in [0.29, 0.717) is 17.0 Å². The van der Waals surface area contributed by atoms with E-state index in [1.165, 1.54) is 13.2 Å². The van der Waals surface area contributed by atoms with Gasteiger partial charge in [0.25, 0.3) is 0 Å². The van der Waals surface area contributed by atoms with Crippen LogP contribution in [0.5, 0.6) is 5.75 Å². The summed E-state index contributed by atoms with van der Waals surface area (Å²) >= 11 is 0. The van der Waals surface area contributed by atoms with Crippen LogP contribution >= 0.6 is 0 Å². The number of rotatable bonds is 4. The van der Waals surface area contributed by atoms with E-state index in [2.05, 4.69) is 4.98 Å². The maximum Gasteiger partial charge on any atom is 0.342 e. The minimum absolute atomic E-state index is 0.157. The summed E-state index contributed by atoms with van der Waals surface area (Å²) in [6.45, 7) is 0.157. The van der Waals surface area contributed by atoms with Gasteiger partial charge in [-0.25, -0.2) is 4.79 Å². The summed E-state index contributed by atoms with van der Waals surface area (Å²) in [6, 6.07) is 8.44. The first kappa shape index (κ1) is 12.9. The Hall–Kier alpha value is -2.56. The molecule has 19 heavy (non-hydrogen) atoms. The van der Waals surface area contributed by atoms with Crippen LogP contribution in [0.1, 0.15) is 15.9 Å². The van der Waals surface area contributed by atoms with Gasteiger partial charge < -0.3 is 15.2 Å². The summed E-state index contributed by atoms with van der Waals surface area (Å²) in [6.07, 6.45) is 3.30. The van der Waals surface area contributed by atoms with E-state index in [0.717, 1.165) is 5.56 Å². The standard InChI is InChI=1S/C14H14N2O3/c1-18-13-5-4-11(15)7-12(13)14(17)19-9-10-3-2-6-16-8-10/h2-8H,9,15H2,1H3. The quantitative estimate of drug-likeness (QED) is 0.671. The van der Waals surface area contributed by atoms with Crippen molar-refractivity contribution in [2.45, 2.75) is 6.61 Å². The van der Waals surface area contributed by atoms with Crippen molar-refractivity contribution in [2.75, 3.05) is 12.8 Å². The van der Waals surface area contributed by atoms with Gasteiger partial charge in [0.15, 0.2) is 0 Å². The fourth-order valence-electron chi connectivity index (χ4n) is 1.60. The molecular weight excluding hydrogens is 244 g/mol. The van der Waals surface area contributed by atoms with Crippen LogP contribution in [-0.4, -0.2) is 18.1 Å². The third-order valence-corrected chi connectivity index (χ3v) is 2.54. The van der Waals surface area contributed by atoms with Gasteiger partial charge in [-0.05, 0) is 24.3 Å². The summed E-state index contributed by atoms with van der Waals surface area (Å²) in [7, 11) is 1.49. The van der Waals surface area contributed by atoms with Gasteiger partial charge in [0, 0.05) is 23.6 Å². The summed E-state index contributed by atoms with van der Waals surface area (Å²) in [5, 5.41) is 0. The molecule has 2 aromatic rings. The van der Waals surface area contributed by atoms with E-state index in [-0.39, 0.29) is 6.61 Å². The Bertz CT molecular complexity index is 570. The zero-order valence-electron chi connectivity index (χ0n) is 10.5. The second-order valence-electron chi connectivity index (χ2n) is 3.90. The van der Waals surface area contributed by atoms with E-state index in [1.807, 2.05) is 6.07 Å². The molecule has 0 amide bonds. The number of methoxy groups -OCH3 is 1. The Morgan fingerprint density at radius 2 is 2.21 bits per heavy atom. The molecule has 2 rings (SSSR count). The number of nitrogens with two attached hydrogens (primary N) is 1. The van der Waals surface area contributed by atoms with Crippen molar-refractivity contribution >= 4 is 11.7 Å². The smallest absolute Gasteiger partial charge is 0.342 e. The van der Waals surface area contributed by atoms with Crippen molar-refractivity contribution in [1.82, 2.24) is 4.98 Å². The first-order valence-electron chi connectivity index (χ1n) is 5.70. The molecule has 0 spiro atoms. The summed E-state index contributed by atoms with van der Waals surface area (Å²) in [5.74, 6) is -0.0432. The zero-order chi connectivity index (χ0) is 13.7. The number of aromatic nitrogens is 1. The molecule has 0 atom stereocenters. The van der Waals surface area contributed by atoms with Gasteiger partial charge in [-0.1, -0.05) is 6.07 Å². The van der Waals surface area contributed by atoms with Gasteiger partial charge in [0.05, 0.1) is 7.11 Å². The van der Waals surface area contributed by atoms with Crippen LogP contribution in [0.3, 0.4) is 0 Å². The highest BCUT2D eigenvalue weighted by Gasteiger charge is 2.14. The lowest BCUT2D eigenvalue weighted by atomic mass is 10.2. The number of nitrogen functional groups attached to an aromatic ring is 1. The van der Waals surface area contributed by atoms with Gasteiger partial charge in [-0.3, -0.25) is 4.98 Å². The van der Waals surface area contributed by atoms with E-state index in [1.54, 1.807) is 30.6 Å². The molecule has 1 aromatic heterocycles. The molecule has 0 aliphatic carbocycles. The molecule has 0 saturated heterocycles. The molecule has 1 aromatic carbocycles. The van der Waals surface area contributed by atoms with E-state index < -0.39 is 5.97 Å². The fraction of sp³-hybridized carbons (Fsp3) is 0.143. The second kappa shape index (κ2) is 5.86. The molecule has 98 valence electrons. The third-order valence-electron chi connectivity index (χ3n) is 2.54. The summed E-state index contributed by atoms with van der Waals surface area (Å²) in [5.41, 5.74) is 7.26. The van der Waals surface area contributed by atoms with Crippen molar-refractivity contribution in [2.24, 2.45) is 0 Å². The number of ether oxygens (including phenoxy) is 2. The Labute approximate surface area is 111 Å². The number of nitrogens with zero attached hydrogens (tertiary/aromatic N) is 1. The molecule has 0 aliphatic rings. The van der Waals surface area contributed by atoms with Crippen LogP contribution in [0.2, 0.25) is 0 Å². The van der Waals surface area contributed by atoms with Gasteiger partial charge in [0.2, 0.25) is 0 Å². The van der Waals surface area contributed by atoms with Crippen LogP contribution in [0.4, 0.5) is 5.69 Å². The minimum Gasteiger partial charge on any atom is -0.496 e. The topological polar surface area (TPSA) is 74.4 Å². The lowest BCUT2D eigenvalue weighted by Crippen LogP contribution is -2.08. The van der Waals surface area contributed by atoms with Gasteiger partial charge in [-0.15, -0.1) is 0 Å². The lowest BCUT2D eigenvalue weighted by molar-refractivity contribution is 0.0469. The maximum absolute atomic E-state index is 12.0. The Morgan fingerprint density at radius 1 is 1.37 bits per heavy atom. The highest BCUT2D eigenvalue weighted by molar-refractivity contribution is 5.93. The Balaban J connectivity index is 2.10. The Kier molecular flexibility index (Phi) is 3.97. The highest BCUT2D eigenvalue weighted by atomic mass is 16.5. The molecule has 0 radical (unpaired) electrons. The third kappa shape index (κ3) is 3.22. The average molecular weight is 258 g/mol. The van der Waals surface area contributed by atoms with Crippen molar-refractivity contribution < 1.29 is 14.3 Å². The maximum atomic E-state index is 12.0. The molecule has 5 nitrogen and oxygen atoms in total. The predicted octanol–water partition coefficient (Wildman–Crippen LogP) is 2.03. The second-order valence-corrected chi connectivity index (χ2v) is 3.90. The van der Waals surface area contributed by atoms with Crippen LogP contribution in [0, 0.1) is 0 Å². The normalized spacial score (nSPS) is 9.95. The number of benzene rings is 1. The van der Waals surface area contributed by atoms with Crippen LogP contribution in [-0.2, 0) is 11.3 Å². The molecule has 5 heteroatoms. The van der Waals surface area contributed by atoms with Crippen LogP contribution in [0.15, 0.2) is 42.7 Å². The summed E-state index contributed by atoms with van der Waals surface area (Å²) in [4.78, 5) is 15.9. The van der Waals surface area contributed by atoms with Gasteiger partial charge in [-0.2, -0.15) is 0 Å². The van der Waals surface area contributed by atoms with Gasteiger partial charge in [0.1, 0.15) is 17.9 Å². The predicted molar refractivity (Wildman–Crippen MR) is 70.8 cm³/mol. The molecule has 0 aliphatic heterocycles. The average Bonchev–Trinajstić information content (AvgIpc) is 2.46. The van der Waals surface area contributed by atoms with E-state index in [4.69, 9.17) is 15.2 Å². The molecule has 2 N–H and O–H groups in total. The Morgan fingerprint density at radius 3 is 2.89 bits per heavy atom. The SMILES string of the molecule is COc1ccc(N)cc1C(=O)OCc1cccnc1. The van der Waals surface area contributed by atoms with Crippen molar-refractivity contribution in [3.63, 3.8) is 0 Å². The summed E-state index contributed by atoms with van der Waals surface area (Å²) < 4.78 is 10.3. The van der Waals surface area contributed by atoms with E-state index in [9.17, 15) is 4.79 Å². The lowest BCUT2D eigenvalue weighted by Gasteiger charge is -2.09. The number of carbonyl (C=O) groups excluding carboxylic acids is 1. The molecule has 1 heterocycles. The molecular formula is C14H14N2O3. The first-order chi connectivity index (χ1) is 9.20. The monoisotopic (exact) mass is 258 g/mol. The molecule has 0 saturated carbocycles. The molecule has 0 bridgehead atoms. The highest BCUT2D eigenvalue weighted by Crippen LogP contribution is 2.22. The molecule has 0 fully saturated rings. The van der Waals surface area contributed by atoms with Crippen molar-refractivity contribution in [1.29, 1.82) is 0 Å². The number of esters is 1. The number of anilines is 1. The number of pyridine rings is 1. The minimum atomic E-state index is -0.479. The van der Waals surface area contributed by atoms with Crippen LogP contribution in [0.25, 0.3) is 0 Å². The van der Waals surface area contributed by atoms with Crippen molar-refractivity contribution in [3.05, 3.63) is 53.9 Å². The van der Waals surface area contributed by atoms with Gasteiger partial charge >= 0.3 is 5.97 Å². The number of hydrogen-bond acceptors (Lipinski definition) is 5. The number of carbonyl (C=O) groups is 1. The van der Waals surface area contributed by atoms with Crippen LogP contribution < -0.4 is 10.5 Å². The van der Waals surface area contributed by atoms with E-state index >= 15 is 0 Å². The largest absolute Gasteiger partial charge is 0.496 e.